The fourth-order valence-electron chi connectivity index (χ4n) is 3.77. The Morgan fingerprint density at radius 1 is 1.19 bits per heavy atom. The van der Waals surface area contributed by atoms with Crippen LogP contribution in [0.1, 0.15) is 5.69 Å². The number of benzene rings is 1. The number of thiazole rings is 1. The highest BCUT2D eigenvalue weighted by Gasteiger charge is 2.22. The first kappa shape index (κ1) is 20.5. The Kier molecular flexibility index (Phi) is 5.54. The number of furan rings is 1. The maximum atomic E-state index is 13.5. The van der Waals surface area contributed by atoms with Crippen molar-refractivity contribution in [2.24, 2.45) is 0 Å². The molecule has 0 N–H and O–H groups in total. The molecular formula is C22H20FN5O3S. The van der Waals surface area contributed by atoms with Gasteiger partial charge in [-0.2, -0.15) is 0 Å². The van der Waals surface area contributed by atoms with Crippen LogP contribution in [0.5, 0.6) is 0 Å². The summed E-state index contributed by atoms with van der Waals surface area (Å²) in [6.07, 6.45) is 2.97. The number of piperazine rings is 1. The minimum Gasteiger partial charge on any atom is -0.462 e. The van der Waals surface area contributed by atoms with Gasteiger partial charge in [-0.1, -0.05) is 0 Å². The molecule has 164 valence electrons. The van der Waals surface area contributed by atoms with Crippen LogP contribution in [-0.4, -0.2) is 56.4 Å². The fraction of sp³-hybridized carbons (Fsp3) is 0.273. The van der Waals surface area contributed by atoms with E-state index in [0.717, 1.165) is 35.6 Å². The Labute approximate surface area is 186 Å². The van der Waals surface area contributed by atoms with E-state index < -0.39 is 11.4 Å². The molecule has 0 saturated carbocycles. The molecule has 0 aliphatic carbocycles. The molecule has 0 radical (unpaired) electrons. The summed E-state index contributed by atoms with van der Waals surface area (Å²) in [7, 11) is 0. The zero-order valence-corrected chi connectivity index (χ0v) is 17.9. The lowest BCUT2D eigenvalue weighted by Gasteiger charge is -2.34. The summed E-state index contributed by atoms with van der Waals surface area (Å²) in [4.78, 5) is 38.1. The van der Waals surface area contributed by atoms with Crippen molar-refractivity contribution in [2.75, 3.05) is 26.2 Å². The zero-order chi connectivity index (χ0) is 22.1. The minimum atomic E-state index is -0.506. The van der Waals surface area contributed by atoms with E-state index in [1.807, 2.05) is 17.5 Å². The molecule has 0 bridgehead atoms. The van der Waals surface area contributed by atoms with Crippen molar-refractivity contribution < 1.29 is 13.6 Å². The summed E-state index contributed by atoms with van der Waals surface area (Å²) in [5.74, 6) is 0.101. The average Bonchev–Trinajstić information content (AvgIpc) is 3.49. The molecule has 5 rings (SSSR count). The van der Waals surface area contributed by atoms with Crippen LogP contribution in [0.4, 0.5) is 4.39 Å². The van der Waals surface area contributed by atoms with Crippen LogP contribution in [0.15, 0.2) is 57.5 Å². The third-order valence-electron chi connectivity index (χ3n) is 5.49. The van der Waals surface area contributed by atoms with Gasteiger partial charge in [-0.15, -0.1) is 11.3 Å². The number of hydrogen-bond donors (Lipinski definition) is 0. The molecule has 1 aliphatic heterocycles. The van der Waals surface area contributed by atoms with Crippen LogP contribution in [-0.2, 0) is 17.9 Å². The first-order valence-electron chi connectivity index (χ1n) is 10.2. The Morgan fingerprint density at radius 2 is 2.03 bits per heavy atom. The molecular weight excluding hydrogens is 433 g/mol. The number of carbonyl (C=O) groups is 1. The molecule has 8 nitrogen and oxygen atoms in total. The van der Waals surface area contributed by atoms with E-state index in [-0.39, 0.29) is 17.8 Å². The normalized spacial score (nSPS) is 14.8. The van der Waals surface area contributed by atoms with Crippen molar-refractivity contribution in [3.63, 3.8) is 0 Å². The van der Waals surface area contributed by atoms with Crippen molar-refractivity contribution in [3.8, 4) is 10.8 Å². The molecule has 1 fully saturated rings. The van der Waals surface area contributed by atoms with Gasteiger partial charge in [0.25, 0.3) is 5.56 Å². The first-order chi connectivity index (χ1) is 15.6. The van der Waals surface area contributed by atoms with Crippen LogP contribution in [0, 0.1) is 5.82 Å². The third kappa shape index (κ3) is 4.19. The van der Waals surface area contributed by atoms with Gasteiger partial charge in [0.05, 0.1) is 29.2 Å². The number of amides is 1. The number of rotatable bonds is 5. The van der Waals surface area contributed by atoms with E-state index in [1.165, 1.54) is 23.0 Å². The lowest BCUT2D eigenvalue weighted by molar-refractivity contribution is -0.133. The number of halogens is 1. The Balaban J connectivity index is 1.18. The Morgan fingerprint density at radius 3 is 2.81 bits per heavy atom. The predicted octanol–water partition coefficient (Wildman–Crippen LogP) is 2.60. The Hall–Kier alpha value is -3.37. The van der Waals surface area contributed by atoms with E-state index in [1.54, 1.807) is 22.5 Å². The summed E-state index contributed by atoms with van der Waals surface area (Å²) in [5.41, 5.74) is 0.963. The second kappa shape index (κ2) is 8.64. The van der Waals surface area contributed by atoms with Crippen LogP contribution >= 0.6 is 11.3 Å². The van der Waals surface area contributed by atoms with E-state index in [0.29, 0.717) is 25.2 Å². The van der Waals surface area contributed by atoms with Gasteiger partial charge < -0.3 is 9.32 Å². The lowest BCUT2D eigenvalue weighted by Crippen LogP contribution is -2.49. The number of hydrogen-bond acceptors (Lipinski definition) is 7. The molecule has 4 heterocycles. The molecule has 4 aromatic rings. The molecule has 0 spiro atoms. The summed E-state index contributed by atoms with van der Waals surface area (Å²) < 4.78 is 20.1. The van der Waals surface area contributed by atoms with Crippen molar-refractivity contribution in [1.29, 1.82) is 0 Å². The zero-order valence-electron chi connectivity index (χ0n) is 17.1. The smallest absolute Gasteiger partial charge is 0.261 e. The number of fused-ring (bicyclic) bond motifs is 1. The summed E-state index contributed by atoms with van der Waals surface area (Å²) in [6, 6.07) is 7.59. The van der Waals surface area contributed by atoms with Crippen molar-refractivity contribution in [2.45, 2.75) is 13.1 Å². The second-order valence-electron chi connectivity index (χ2n) is 7.62. The first-order valence-corrected chi connectivity index (χ1v) is 11.1. The van der Waals surface area contributed by atoms with Gasteiger partial charge in [0.1, 0.15) is 12.4 Å². The van der Waals surface area contributed by atoms with Gasteiger partial charge in [-0.05, 0) is 30.3 Å². The van der Waals surface area contributed by atoms with Crippen molar-refractivity contribution in [3.05, 3.63) is 70.2 Å². The van der Waals surface area contributed by atoms with Gasteiger partial charge >= 0.3 is 0 Å². The average molecular weight is 453 g/mol. The van der Waals surface area contributed by atoms with E-state index >= 15 is 0 Å². The van der Waals surface area contributed by atoms with E-state index in [2.05, 4.69) is 14.9 Å². The highest BCUT2D eigenvalue weighted by molar-refractivity contribution is 7.13. The van der Waals surface area contributed by atoms with Crippen LogP contribution < -0.4 is 5.56 Å². The molecule has 10 heteroatoms. The Bertz CT molecular complexity index is 1310. The summed E-state index contributed by atoms with van der Waals surface area (Å²) in [6.45, 7) is 3.16. The van der Waals surface area contributed by atoms with Gasteiger partial charge in [0.2, 0.25) is 5.91 Å². The summed E-state index contributed by atoms with van der Waals surface area (Å²) in [5, 5.41) is 3.05. The highest BCUT2D eigenvalue weighted by atomic mass is 32.1. The summed E-state index contributed by atoms with van der Waals surface area (Å²) >= 11 is 1.55. The van der Waals surface area contributed by atoms with Gasteiger partial charge in [-0.25, -0.2) is 14.4 Å². The van der Waals surface area contributed by atoms with Gasteiger partial charge in [0, 0.05) is 38.1 Å². The van der Waals surface area contributed by atoms with Crippen LogP contribution in [0.25, 0.3) is 21.7 Å². The highest BCUT2D eigenvalue weighted by Crippen LogP contribution is 2.24. The lowest BCUT2D eigenvalue weighted by atomic mass is 10.2. The molecule has 1 amide bonds. The molecule has 1 aromatic carbocycles. The molecule has 3 aromatic heterocycles. The van der Waals surface area contributed by atoms with E-state index in [4.69, 9.17) is 4.42 Å². The van der Waals surface area contributed by atoms with Crippen molar-refractivity contribution >= 4 is 28.1 Å². The van der Waals surface area contributed by atoms with Gasteiger partial charge in [-0.3, -0.25) is 19.1 Å². The number of carbonyl (C=O) groups excluding carboxylic acids is 1. The SMILES string of the molecule is O=C(Cn1cnc2ccc(F)cc2c1=O)N1CCN(Cc2csc(-c3ccco3)n2)CC1. The van der Waals surface area contributed by atoms with Gasteiger partial charge in [0.15, 0.2) is 10.8 Å². The molecule has 32 heavy (non-hydrogen) atoms. The fourth-order valence-corrected chi connectivity index (χ4v) is 4.54. The standard InChI is InChI=1S/C22H20FN5O3S/c23-15-3-4-18-17(10-15)22(30)28(14-24-18)12-20(29)27-7-5-26(6-8-27)11-16-13-32-21(25-16)19-2-1-9-31-19/h1-4,9-10,13-14H,5-8,11-12H2. The third-order valence-corrected chi connectivity index (χ3v) is 6.39. The quantitative estimate of drug-likeness (QED) is 0.462. The molecule has 0 unspecified atom stereocenters. The van der Waals surface area contributed by atoms with Crippen LogP contribution in [0.2, 0.25) is 0 Å². The maximum Gasteiger partial charge on any atom is 0.261 e. The second-order valence-corrected chi connectivity index (χ2v) is 8.48. The maximum absolute atomic E-state index is 13.5. The van der Waals surface area contributed by atoms with E-state index in [9.17, 15) is 14.0 Å². The predicted molar refractivity (Wildman–Crippen MR) is 118 cm³/mol. The monoisotopic (exact) mass is 453 g/mol. The van der Waals surface area contributed by atoms with Crippen LogP contribution in [0.3, 0.4) is 0 Å². The largest absolute Gasteiger partial charge is 0.462 e. The van der Waals surface area contributed by atoms with Crippen molar-refractivity contribution in [1.82, 2.24) is 24.3 Å². The minimum absolute atomic E-state index is 0.114. The topological polar surface area (TPSA) is 84.5 Å². The molecule has 1 aliphatic rings. The molecule has 1 saturated heterocycles. The number of aromatic nitrogens is 3. The number of nitrogens with zero attached hydrogens (tertiary/aromatic N) is 5. The molecule has 0 atom stereocenters.